The lowest BCUT2D eigenvalue weighted by molar-refractivity contribution is -0.0534. The summed E-state index contributed by atoms with van der Waals surface area (Å²) in [6.45, 7) is 4.14. The van der Waals surface area contributed by atoms with Gasteiger partial charge in [-0.1, -0.05) is 0 Å². The van der Waals surface area contributed by atoms with Crippen molar-refractivity contribution >= 4 is 11.3 Å². The van der Waals surface area contributed by atoms with Crippen LogP contribution in [0, 0.1) is 0 Å². The van der Waals surface area contributed by atoms with Gasteiger partial charge in [-0.15, -0.1) is 0 Å². The van der Waals surface area contributed by atoms with E-state index in [1.807, 2.05) is 12.5 Å². The Morgan fingerprint density at radius 3 is 3.29 bits per heavy atom. The van der Waals surface area contributed by atoms with E-state index in [1.165, 1.54) is 24.9 Å². The van der Waals surface area contributed by atoms with Crippen molar-refractivity contribution in [3.63, 3.8) is 0 Å². The molecule has 4 rings (SSSR count). The van der Waals surface area contributed by atoms with Crippen molar-refractivity contribution in [2.75, 3.05) is 19.7 Å². The Morgan fingerprint density at radius 2 is 2.48 bits per heavy atom. The molecule has 2 saturated heterocycles. The van der Waals surface area contributed by atoms with E-state index in [4.69, 9.17) is 4.74 Å². The lowest BCUT2D eigenvalue weighted by Gasteiger charge is -2.39. The number of nitrogens with zero attached hydrogens (tertiary/aromatic N) is 3. The molecule has 0 aliphatic carbocycles. The first kappa shape index (κ1) is 13.5. The Morgan fingerprint density at radius 1 is 1.48 bits per heavy atom. The van der Waals surface area contributed by atoms with Crippen molar-refractivity contribution in [2.24, 2.45) is 0 Å². The van der Waals surface area contributed by atoms with Crippen molar-refractivity contribution < 1.29 is 4.74 Å². The number of rotatable bonds is 3. The van der Waals surface area contributed by atoms with Crippen LogP contribution in [0.4, 0.5) is 0 Å². The highest BCUT2D eigenvalue weighted by Crippen LogP contribution is 2.39. The summed E-state index contributed by atoms with van der Waals surface area (Å²) in [5.41, 5.74) is 1.49. The minimum Gasteiger partial charge on any atom is -0.371 e. The van der Waals surface area contributed by atoms with E-state index in [0.717, 1.165) is 26.1 Å². The van der Waals surface area contributed by atoms with E-state index in [9.17, 15) is 0 Å². The summed E-state index contributed by atoms with van der Waals surface area (Å²) < 4.78 is 8.48. The third kappa shape index (κ3) is 2.78. The van der Waals surface area contributed by atoms with E-state index in [0.29, 0.717) is 6.04 Å². The number of hydrogen-bond acceptors (Lipinski definition) is 4. The van der Waals surface area contributed by atoms with Crippen molar-refractivity contribution in [3.8, 4) is 0 Å². The SMILES string of the molecule is c1cn(C2COC3(CCCN(Cc4ccsc4)C3)C2)cn1. The fourth-order valence-corrected chi connectivity index (χ4v) is 4.41. The summed E-state index contributed by atoms with van der Waals surface area (Å²) in [6, 6.07) is 2.68. The van der Waals surface area contributed by atoms with E-state index >= 15 is 0 Å². The number of ether oxygens (including phenoxy) is 1. The molecule has 2 aromatic rings. The standard InChI is InChI=1S/C16H21N3OS/c1-3-16(8-15(10-20-16)19-6-4-17-13-19)12-18(5-1)9-14-2-7-21-11-14/h2,4,6-7,11,13,15H,1,3,5,8-10,12H2. The van der Waals surface area contributed by atoms with Crippen LogP contribution in [0.5, 0.6) is 0 Å². The van der Waals surface area contributed by atoms with Gasteiger partial charge in [-0.25, -0.2) is 4.98 Å². The van der Waals surface area contributed by atoms with Crippen LogP contribution in [0.25, 0.3) is 0 Å². The third-order valence-corrected chi connectivity index (χ3v) is 5.47. The monoisotopic (exact) mass is 303 g/mol. The second-order valence-corrected chi connectivity index (χ2v) is 7.09. The molecule has 21 heavy (non-hydrogen) atoms. The highest BCUT2D eigenvalue weighted by atomic mass is 32.1. The molecule has 112 valence electrons. The van der Waals surface area contributed by atoms with Gasteiger partial charge in [-0.3, -0.25) is 4.90 Å². The van der Waals surface area contributed by atoms with Crippen LogP contribution in [0.2, 0.25) is 0 Å². The van der Waals surface area contributed by atoms with Gasteiger partial charge in [0.15, 0.2) is 0 Å². The maximum atomic E-state index is 6.28. The third-order valence-electron chi connectivity index (χ3n) is 4.74. The van der Waals surface area contributed by atoms with Crippen molar-refractivity contribution in [3.05, 3.63) is 41.1 Å². The zero-order valence-electron chi connectivity index (χ0n) is 12.1. The number of imidazole rings is 1. The fourth-order valence-electron chi connectivity index (χ4n) is 3.75. The van der Waals surface area contributed by atoms with Gasteiger partial charge >= 0.3 is 0 Å². The first-order valence-corrected chi connectivity index (χ1v) is 8.62. The zero-order valence-corrected chi connectivity index (χ0v) is 13.0. The van der Waals surface area contributed by atoms with Crippen LogP contribution in [-0.2, 0) is 11.3 Å². The molecule has 2 aromatic heterocycles. The first-order chi connectivity index (χ1) is 10.3. The Labute approximate surface area is 129 Å². The van der Waals surface area contributed by atoms with E-state index < -0.39 is 0 Å². The normalized spacial score (nSPS) is 30.2. The molecular weight excluding hydrogens is 282 g/mol. The molecule has 2 aliphatic rings. The number of piperidine rings is 1. The predicted octanol–water partition coefficient (Wildman–Crippen LogP) is 2.94. The first-order valence-electron chi connectivity index (χ1n) is 7.68. The molecule has 0 bridgehead atoms. The molecule has 2 unspecified atom stereocenters. The summed E-state index contributed by atoms with van der Waals surface area (Å²) in [5, 5.41) is 4.42. The van der Waals surface area contributed by atoms with Crippen molar-refractivity contribution in [2.45, 2.75) is 37.5 Å². The quantitative estimate of drug-likeness (QED) is 0.873. The summed E-state index contributed by atoms with van der Waals surface area (Å²) >= 11 is 1.78. The maximum absolute atomic E-state index is 6.28. The molecule has 5 heteroatoms. The molecule has 0 radical (unpaired) electrons. The Bertz CT molecular complexity index is 568. The lowest BCUT2D eigenvalue weighted by Crippen LogP contribution is -2.47. The van der Waals surface area contributed by atoms with Gasteiger partial charge in [-0.05, 0) is 41.8 Å². The van der Waals surface area contributed by atoms with E-state index in [1.54, 1.807) is 11.3 Å². The molecule has 1 spiro atoms. The van der Waals surface area contributed by atoms with Crippen LogP contribution in [-0.4, -0.2) is 39.7 Å². The average Bonchev–Trinajstić information content (AvgIpc) is 3.20. The van der Waals surface area contributed by atoms with E-state index in [2.05, 4.69) is 37.5 Å². The molecular formula is C16H21N3OS. The molecule has 4 heterocycles. The molecule has 0 aromatic carbocycles. The zero-order chi connectivity index (χ0) is 14.1. The molecule has 2 aliphatic heterocycles. The van der Waals surface area contributed by atoms with E-state index in [-0.39, 0.29) is 5.60 Å². The van der Waals surface area contributed by atoms with Crippen LogP contribution < -0.4 is 0 Å². The van der Waals surface area contributed by atoms with Gasteiger partial charge in [0.2, 0.25) is 0 Å². The summed E-state index contributed by atoms with van der Waals surface area (Å²) in [7, 11) is 0. The van der Waals surface area contributed by atoms with Crippen molar-refractivity contribution in [1.82, 2.24) is 14.5 Å². The minimum absolute atomic E-state index is 0.0587. The molecule has 4 nitrogen and oxygen atoms in total. The molecule has 0 N–H and O–H groups in total. The maximum Gasteiger partial charge on any atom is 0.0949 e. The van der Waals surface area contributed by atoms with Crippen LogP contribution in [0.3, 0.4) is 0 Å². The van der Waals surface area contributed by atoms with Crippen LogP contribution >= 0.6 is 11.3 Å². The Hall–Kier alpha value is -1.17. The summed E-state index contributed by atoms with van der Waals surface area (Å²) in [6.07, 6.45) is 9.37. The molecule has 0 amide bonds. The Balaban J connectivity index is 1.43. The number of thiophene rings is 1. The van der Waals surface area contributed by atoms with Gasteiger partial charge < -0.3 is 9.30 Å². The second-order valence-electron chi connectivity index (χ2n) is 6.31. The molecule has 2 atom stereocenters. The topological polar surface area (TPSA) is 30.3 Å². The molecule has 2 fully saturated rings. The smallest absolute Gasteiger partial charge is 0.0949 e. The average molecular weight is 303 g/mol. The largest absolute Gasteiger partial charge is 0.371 e. The highest BCUT2D eigenvalue weighted by molar-refractivity contribution is 7.07. The Kier molecular flexibility index (Phi) is 3.57. The van der Waals surface area contributed by atoms with Gasteiger partial charge in [0, 0.05) is 31.9 Å². The van der Waals surface area contributed by atoms with Gasteiger partial charge in [0.1, 0.15) is 0 Å². The lowest BCUT2D eigenvalue weighted by atomic mass is 9.88. The van der Waals surface area contributed by atoms with Crippen LogP contribution in [0.1, 0.15) is 30.9 Å². The van der Waals surface area contributed by atoms with Crippen molar-refractivity contribution in [1.29, 1.82) is 0 Å². The minimum atomic E-state index is 0.0587. The number of likely N-dealkylation sites (tertiary alicyclic amines) is 1. The highest BCUT2D eigenvalue weighted by Gasteiger charge is 2.43. The number of hydrogen-bond donors (Lipinski definition) is 0. The summed E-state index contributed by atoms with van der Waals surface area (Å²) in [4.78, 5) is 6.72. The van der Waals surface area contributed by atoms with Gasteiger partial charge in [0.25, 0.3) is 0 Å². The molecule has 0 saturated carbocycles. The van der Waals surface area contributed by atoms with Crippen LogP contribution in [0.15, 0.2) is 35.5 Å². The summed E-state index contributed by atoms with van der Waals surface area (Å²) in [5.74, 6) is 0. The second kappa shape index (κ2) is 5.55. The fraction of sp³-hybridized carbons (Fsp3) is 0.562. The number of aromatic nitrogens is 2. The predicted molar refractivity (Wildman–Crippen MR) is 83.4 cm³/mol. The van der Waals surface area contributed by atoms with Gasteiger partial charge in [0.05, 0.1) is 24.6 Å². The van der Waals surface area contributed by atoms with Gasteiger partial charge in [-0.2, -0.15) is 11.3 Å².